The number of halogens is 1. The van der Waals surface area contributed by atoms with Gasteiger partial charge in [0.15, 0.2) is 0 Å². The SMILES string of the molecule is CCC(Cc1cccc(OCCOc2ccc(F)cc2)c1)C(=O)O. The first-order valence-corrected chi connectivity index (χ1v) is 7.91. The number of benzene rings is 2. The van der Waals surface area contributed by atoms with E-state index in [1.165, 1.54) is 12.1 Å². The van der Waals surface area contributed by atoms with E-state index in [0.29, 0.717) is 37.6 Å². The van der Waals surface area contributed by atoms with E-state index in [1.807, 2.05) is 31.2 Å². The zero-order valence-corrected chi connectivity index (χ0v) is 13.6. The average Bonchev–Trinajstić information content (AvgIpc) is 2.58. The van der Waals surface area contributed by atoms with Crippen LogP contribution in [0.15, 0.2) is 48.5 Å². The Morgan fingerprint density at radius 2 is 1.75 bits per heavy atom. The van der Waals surface area contributed by atoms with Gasteiger partial charge in [-0.15, -0.1) is 0 Å². The molecule has 0 radical (unpaired) electrons. The lowest BCUT2D eigenvalue weighted by Gasteiger charge is -2.12. The highest BCUT2D eigenvalue weighted by atomic mass is 19.1. The maximum absolute atomic E-state index is 12.8. The van der Waals surface area contributed by atoms with Crippen LogP contribution in [0.1, 0.15) is 18.9 Å². The van der Waals surface area contributed by atoms with Gasteiger partial charge in [0.2, 0.25) is 0 Å². The van der Waals surface area contributed by atoms with Crippen LogP contribution in [-0.2, 0) is 11.2 Å². The number of hydrogen-bond donors (Lipinski definition) is 1. The fourth-order valence-electron chi connectivity index (χ4n) is 2.30. The quantitative estimate of drug-likeness (QED) is 0.707. The minimum atomic E-state index is -0.781. The van der Waals surface area contributed by atoms with E-state index in [2.05, 4.69) is 0 Å². The Balaban J connectivity index is 1.81. The van der Waals surface area contributed by atoms with Crippen LogP contribution in [0.3, 0.4) is 0 Å². The largest absolute Gasteiger partial charge is 0.490 e. The molecule has 5 heteroatoms. The van der Waals surface area contributed by atoms with Gasteiger partial charge in [-0.1, -0.05) is 19.1 Å². The first-order chi connectivity index (χ1) is 11.6. The molecule has 1 unspecified atom stereocenters. The van der Waals surface area contributed by atoms with Gasteiger partial charge in [0.25, 0.3) is 0 Å². The van der Waals surface area contributed by atoms with E-state index >= 15 is 0 Å². The second kappa shape index (κ2) is 8.91. The lowest BCUT2D eigenvalue weighted by atomic mass is 9.97. The van der Waals surface area contributed by atoms with Crippen molar-refractivity contribution in [2.75, 3.05) is 13.2 Å². The van der Waals surface area contributed by atoms with E-state index in [4.69, 9.17) is 14.6 Å². The molecule has 0 spiro atoms. The molecule has 0 amide bonds. The zero-order valence-electron chi connectivity index (χ0n) is 13.6. The number of hydrogen-bond acceptors (Lipinski definition) is 3. The van der Waals surface area contributed by atoms with Gasteiger partial charge in [-0.2, -0.15) is 0 Å². The van der Waals surface area contributed by atoms with Crippen LogP contribution in [0.2, 0.25) is 0 Å². The monoisotopic (exact) mass is 332 g/mol. The summed E-state index contributed by atoms with van der Waals surface area (Å²) < 4.78 is 23.9. The summed E-state index contributed by atoms with van der Waals surface area (Å²) in [6.07, 6.45) is 1.07. The molecule has 4 nitrogen and oxygen atoms in total. The summed E-state index contributed by atoms with van der Waals surface area (Å²) in [5.41, 5.74) is 0.932. The highest BCUT2D eigenvalue weighted by Crippen LogP contribution is 2.18. The third kappa shape index (κ3) is 5.57. The molecular formula is C19H21FO4. The summed E-state index contributed by atoms with van der Waals surface area (Å²) in [6.45, 7) is 2.55. The predicted molar refractivity (Wildman–Crippen MR) is 89.0 cm³/mol. The summed E-state index contributed by atoms with van der Waals surface area (Å²) in [4.78, 5) is 11.1. The van der Waals surface area contributed by atoms with E-state index in [-0.39, 0.29) is 11.7 Å². The first-order valence-electron chi connectivity index (χ1n) is 7.91. The summed E-state index contributed by atoms with van der Waals surface area (Å²) >= 11 is 0. The van der Waals surface area contributed by atoms with Crippen LogP contribution in [-0.4, -0.2) is 24.3 Å². The van der Waals surface area contributed by atoms with E-state index in [0.717, 1.165) is 5.56 Å². The molecule has 2 aromatic carbocycles. The van der Waals surface area contributed by atoms with Crippen molar-refractivity contribution in [2.24, 2.45) is 5.92 Å². The Kier molecular flexibility index (Phi) is 6.61. The van der Waals surface area contributed by atoms with Crippen molar-refractivity contribution in [1.82, 2.24) is 0 Å². The van der Waals surface area contributed by atoms with Gasteiger partial charge < -0.3 is 14.6 Å². The van der Waals surface area contributed by atoms with Crippen molar-refractivity contribution in [2.45, 2.75) is 19.8 Å². The molecular weight excluding hydrogens is 311 g/mol. The molecule has 2 rings (SSSR count). The van der Waals surface area contributed by atoms with Crippen molar-refractivity contribution in [3.8, 4) is 11.5 Å². The van der Waals surface area contributed by atoms with Gasteiger partial charge in [0.1, 0.15) is 30.5 Å². The van der Waals surface area contributed by atoms with Crippen LogP contribution >= 0.6 is 0 Å². The molecule has 1 atom stereocenters. The molecule has 0 aromatic heterocycles. The minimum Gasteiger partial charge on any atom is -0.490 e. The fourth-order valence-corrected chi connectivity index (χ4v) is 2.30. The zero-order chi connectivity index (χ0) is 17.4. The molecule has 0 saturated carbocycles. The highest BCUT2D eigenvalue weighted by Gasteiger charge is 2.15. The van der Waals surface area contributed by atoms with Crippen molar-refractivity contribution in [1.29, 1.82) is 0 Å². The summed E-state index contributed by atoms with van der Waals surface area (Å²) in [6, 6.07) is 13.2. The van der Waals surface area contributed by atoms with Crippen LogP contribution in [0, 0.1) is 11.7 Å². The molecule has 128 valence electrons. The number of aliphatic carboxylic acids is 1. The van der Waals surface area contributed by atoms with Gasteiger partial charge in [0.05, 0.1) is 5.92 Å². The average molecular weight is 332 g/mol. The molecule has 0 aliphatic rings. The Morgan fingerprint density at radius 3 is 2.38 bits per heavy atom. The maximum atomic E-state index is 12.8. The van der Waals surface area contributed by atoms with E-state index < -0.39 is 5.97 Å². The Labute approximate surface area is 140 Å². The van der Waals surface area contributed by atoms with Gasteiger partial charge in [-0.25, -0.2) is 4.39 Å². The maximum Gasteiger partial charge on any atom is 0.306 e. The van der Waals surface area contributed by atoms with Crippen molar-refractivity contribution in [3.63, 3.8) is 0 Å². The fraction of sp³-hybridized carbons (Fsp3) is 0.316. The van der Waals surface area contributed by atoms with E-state index in [1.54, 1.807) is 12.1 Å². The van der Waals surface area contributed by atoms with Crippen LogP contribution in [0.4, 0.5) is 4.39 Å². The predicted octanol–water partition coefficient (Wildman–Crippen LogP) is 3.94. The first kappa shape index (κ1) is 17.8. The van der Waals surface area contributed by atoms with E-state index in [9.17, 15) is 9.18 Å². The standard InChI is InChI=1S/C19H21FO4/c1-2-15(19(21)22)12-14-4-3-5-18(13-14)24-11-10-23-17-8-6-16(20)7-9-17/h3-9,13,15H,2,10-12H2,1H3,(H,21,22). The van der Waals surface area contributed by atoms with Crippen molar-refractivity contribution in [3.05, 3.63) is 59.9 Å². The molecule has 0 saturated heterocycles. The number of carboxylic acids is 1. The van der Waals surface area contributed by atoms with Crippen LogP contribution < -0.4 is 9.47 Å². The molecule has 0 fully saturated rings. The lowest BCUT2D eigenvalue weighted by molar-refractivity contribution is -0.141. The number of rotatable bonds is 9. The normalized spacial score (nSPS) is 11.8. The topological polar surface area (TPSA) is 55.8 Å². The molecule has 24 heavy (non-hydrogen) atoms. The Morgan fingerprint density at radius 1 is 1.08 bits per heavy atom. The summed E-state index contributed by atoms with van der Waals surface area (Å²) in [5, 5.41) is 9.13. The molecule has 2 aromatic rings. The minimum absolute atomic E-state index is 0.304. The molecule has 0 bridgehead atoms. The molecule has 0 heterocycles. The summed E-state index contributed by atoms with van der Waals surface area (Å²) in [5.74, 6) is -0.211. The third-order valence-corrected chi connectivity index (χ3v) is 3.66. The van der Waals surface area contributed by atoms with Gasteiger partial charge >= 0.3 is 5.97 Å². The van der Waals surface area contributed by atoms with Crippen LogP contribution in [0.25, 0.3) is 0 Å². The lowest BCUT2D eigenvalue weighted by Crippen LogP contribution is -2.15. The van der Waals surface area contributed by atoms with Crippen LogP contribution in [0.5, 0.6) is 11.5 Å². The number of carbonyl (C=O) groups is 1. The molecule has 1 N–H and O–H groups in total. The highest BCUT2D eigenvalue weighted by molar-refractivity contribution is 5.70. The van der Waals surface area contributed by atoms with Crippen molar-refractivity contribution >= 4 is 5.97 Å². The van der Waals surface area contributed by atoms with Gasteiger partial charge in [0, 0.05) is 0 Å². The summed E-state index contributed by atoms with van der Waals surface area (Å²) in [7, 11) is 0. The number of carboxylic acid groups (broad SMARTS) is 1. The molecule has 0 aliphatic carbocycles. The number of ether oxygens (including phenoxy) is 2. The third-order valence-electron chi connectivity index (χ3n) is 3.66. The molecule has 0 aliphatic heterocycles. The van der Waals surface area contributed by atoms with Crippen molar-refractivity contribution < 1.29 is 23.8 Å². The second-order valence-corrected chi connectivity index (χ2v) is 5.45. The smallest absolute Gasteiger partial charge is 0.306 e. The Hall–Kier alpha value is -2.56. The van der Waals surface area contributed by atoms with Gasteiger partial charge in [-0.05, 0) is 54.8 Å². The van der Waals surface area contributed by atoms with Gasteiger partial charge in [-0.3, -0.25) is 4.79 Å². The Bertz CT molecular complexity index is 655. The second-order valence-electron chi connectivity index (χ2n) is 5.45.